The first-order chi connectivity index (χ1) is 10.8. The molecule has 1 aliphatic rings. The van der Waals surface area contributed by atoms with Gasteiger partial charge in [-0.2, -0.15) is 0 Å². The van der Waals surface area contributed by atoms with Gasteiger partial charge in [0.25, 0.3) is 0 Å². The van der Waals surface area contributed by atoms with Crippen molar-refractivity contribution in [3.05, 3.63) is 71.8 Å². The molecule has 0 saturated carbocycles. The van der Waals surface area contributed by atoms with E-state index in [4.69, 9.17) is 0 Å². The number of aliphatic hydroxyl groups excluding tert-OH is 1. The van der Waals surface area contributed by atoms with Gasteiger partial charge in [0.05, 0.1) is 6.10 Å². The molecule has 1 saturated heterocycles. The molecule has 1 fully saturated rings. The Morgan fingerprint density at radius 2 is 1.68 bits per heavy atom. The third kappa shape index (κ3) is 3.96. The summed E-state index contributed by atoms with van der Waals surface area (Å²) < 4.78 is 0. The van der Waals surface area contributed by atoms with Crippen molar-refractivity contribution in [3.63, 3.8) is 0 Å². The fraction of sp³-hybridized carbons (Fsp3) is 0.400. The van der Waals surface area contributed by atoms with Gasteiger partial charge in [0.1, 0.15) is 0 Å². The van der Waals surface area contributed by atoms with Gasteiger partial charge in [-0.15, -0.1) is 0 Å². The van der Waals surface area contributed by atoms with Crippen molar-refractivity contribution in [2.24, 2.45) is 5.92 Å². The first kappa shape index (κ1) is 15.3. The molecule has 1 heterocycles. The van der Waals surface area contributed by atoms with Crippen molar-refractivity contribution in [2.75, 3.05) is 6.54 Å². The van der Waals surface area contributed by atoms with E-state index in [0.717, 1.165) is 37.8 Å². The smallest absolute Gasteiger partial charge is 0.0819 e. The number of nitrogens with one attached hydrogen (secondary N) is 1. The second kappa shape index (κ2) is 7.57. The van der Waals surface area contributed by atoms with Crippen LogP contribution >= 0.6 is 0 Å². The highest BCUT2D eigenvalue weighted by molar-refractivity contribution is 5.18. The summed E-state index contributed by atoms with van der Waals surface area (Å²) in [5.41, 5.74) is 2.45. The van der Waals surface area contributed by atoms with Gasteiger partial charge in [-0.1, -0.05) is 60.7 Å². The molecular weight excluding hydrogens is 270 g/mol. The number of benzene rings is 2. The largest absolute Gasteiger partial charge is 0.388 e. The molecule has 1 aliphatic heterocycles. The zero-order valence-corrected chi connectivity index (χ0v) is 13.0. The van der Waals surface area contributed by atoms with Crippen LogP contribution in [0.3, 0.4) is 0 Å². The second-order valence-corrected chi connectivity index (χ2v) is 6.32. The highest BCUT2D eigenvalue weighted by Crippen LogP contribution is 2.31. The molecular formula is C20H25NO. The Kier molecular flexibility index (Phi) is 5.25. The van der Waals surface area contributed by atoms with Crippen LogP contribution in [0.25, 0.3) is 0 Å². The summed E-state index contributed by atoms with van der Waals surface area (Å²) >= 11 is 0. The topological polar surface area (TPSA) is 32.3 Å². The monoisotopic (exact) mass is 295 g/mol. The predicted molar refractivity (Wildman–Crippen MR) is 90.7 cm³/mol. The number of hydrogen-bond acceptors (Lipinski definition) is 2. The van der Waals surface area contributed by atoms with Crippen LogP contribution in [0.15, 0.2) is 60.7 Å². The lowest BCUT2D eigenvalue weighted by atomic mass is 9.83. The zero-order valence-electron chi connectivity index (χ0n) is 13.0. The van der Waals surface area contributed by atoms with E-state index in [1.807, 2.05) is 30.3 Å². The van der Waals surface area contributed by atoms with Crippen LogP contribution in [0, 0.1) is 5.92 Å². The minimum absolute atomic E-state index is 0.331. The summed E-state index contributed by atoms with van der Waals surface area (Å²) in [4.78, 5) is 0. The Labute approximate surface area is 133 Å². The molecule has 0 aliphatic carbocycles. The van der Waals surface area contributed by atoms with Crippen LogP contribution in [0.2, 0.25) is 0 Å². The average Bonchev–Trinajstić information content (AvgIpc) is 2.61. The molecule has 0 bridgehead atoms. The van der Waals surface area contributed by atoms with Crippen LogP contribution < -0.4 is 5.32 Å². The molecule has 3 atom stereocenters. The molecule has 0 spiro atoms. The third-order valence-electron chi connectivity index (χ3n) is 4.75. The lowest BCUT2D eigenvalue weighted by molar-refractivity contribution is 0.0766. The summed E-state index contributed by atoms with van der Waals surface area (Å²) in [6.07, 6.45) is 4.03. The molecule has 2 N–H and O–H groups in total. The van der Waals surface area contributed by atoms with Gasteiger partial charge in [0.2, 0.25) is 0 Å². The molecule has 2 heteroatoms. The third-order valence-corrected chi connectivity index (χ3v) is 4.75. The Bertz CT molecular complexity index is 554. The van der Waals surface area contributed by atoms with Crippen molar-refractivity contribution in [3.8, 4) is 0 Å². The number of hydrogen-bond donors (Lipinski definition) is 2. The summed E-state index contributed by atoms with van der Waals surface area (Å²) in [5.74, 6) is 0.365. The predicted octanol–water partition coefficient (Wildman–Crippen LogP) is 3.72. The average molecular weight is 295 g/mol. The maximum atomic E-state index is 10.6. The number of aliphatic hydroxyl groups is 1. The number of piperidine rings is 1. The van der Waals surface area contributed by atoms with Gasteiger partial charge in [-0.05, 0) is 49.3 Å². The van der Waals surface area contributed by atoms with Crippen molar-refractivity contribution in [1.29, 1.82) is 0 Å². The van der Waals surface area contributed by atoms with E-state index in [-0.39, 0.29) is 6.10 Å². The summed E-state index contributed by atoms with van der Waals surface area (Å²) in [5, 5.41) is 14.2. The van der Waals surface area contributed by atoms with Crippen molar-refractivity contribution in [1.82, 2.24) is 5.32 Å². The summed E-state index contributed by atoms with van der Waals surface area (Å²) in [6.45, 7) is 1.01. The lowest BCUT2D eigenvalue weighted by Gasteiger charge is -2.33. The van der Waals surface area contributed by atoms with Gasteiger partial charge in [0, 0.05) is 6.04 Å². The van der Waals surface area contributed by atoms with Crippen LogP contribution in [-0.4, -0.2) is 17.7 Å². The molecule has 3 rings (SSSR count). The van der Waals surface area contributed by atoms with Crippen LogP contribution in [0.4, 0.5) is 0 Å². The molecule has 0 amide bonds. The van der Waals surface area contributed by atoms with Gasteiger partial charge in [0.15, 0.2) is 0 Å². The second-order valence-electron chi connectivity index (χ2n) is 6.32. The standard InChI is InChI=1S/C20H25NO/c22-20(17-9-5-2-6-10-17)18-13-14-21-19(15-18)12-11-16-7-3-1-4-8-16/h1-10,18-22H,11-15H2. The van der Waals surface area contributed by atoms with Crippen molar-refractivity contribution in [2.45, 2.75) is 37.8 Å². The van der Waals surface area contributed by atoms with Gasteiger partial charge in [-0.3, -0.25) is 0 Å². The fourth-order valence-corrected chi connectivity index (χ4v) is 3.45. The lowest BCUT2D eigenvalue weighted by Crippen LogP contribution is -2.40. The Hall–Kier alpha value is -1.64. The fourth-order valence-electron chi connectivity index (χ4n) is 3.45. The minimum Gasteiger partial charge on any atom is -0.388 e. The first-order valence-corrected chi connectivity index (χ1v) is 8.33. The van der Waals surface area contributed by atoms with E-state index < -0.39 is 0 Å². The van der Waals surface area contributed by atoms with Crippen LogP contribution in [-0.2, 0) is 6.42 Å². The van der Waals surface area contributed by atoms with E-state index in [1.54, 1.807) is 0 Å². The number of aryl methyl sites for hydroxylation is 1. The Morgan fingerprint density at radius 3 is 2.41 bits per heavy atom. The quantitative estimate of drug-likeness (QED) is 0.881. The Balaban J connectivity index is 1.55. The molecule has 0 aromatic heterocycles. The number of rotatable bonds is 5. The molecule has 3 unspecified atom stereocenters. The van der Waals surface area contributed by atoms with Gasteiger partial charge in [-0.25, -0.2) is 0 Å². The van der Waals surface area contributed by atoms with Crippen LogP contribution in [0.5, 0.6) is 0 Å². The van der Waals surface area contributed by atoms with E-state index in [2.05, 4.69) is 35.6 Å². The van der Waals surface area contributed by atoms with E-state index in [9.17, 15) is 5.11 Å². The maximum absolute atomic E-state index is 10.6. The molecule has 0 radical (unpaired) electrons. The maximum Gasteiger partial charge on any atom is 0.0819 e. The Morgan fingerprint density at radius 1 is 1.00 bits per heavy atom. The minimum atomic E-state index is -0.331. The zero-order chi connectivity index (χ0) is 15.2. The molecule has 22 heavy (non-hydrogen) atoms. The van der Waals surface area contributed by atoms with Crippen molar-refractivity contribution >= 4 is 0 Å². The summed E-state index contributed by atoms with van der Waals surface area (Å²) in [7, 11) is 0. The summed E-state index contributed by atoms with van der Waals surface area (Å²) in [6, 6.07) is 21.2. The normalized spacial score (nSPS) is 23.1. The van der Waals surface area contributed by atoms with Crippen LogP contribution in [0.1, 0.15) is 36.5 Å². The SMILES string of the molecule is OC(c1ccccc1)C1CCNC(CCc2ccccc2)C1. The molecule has 2 aromatic rings. The van der Waals surface area contributed by atoms with Crippen molar-refractivity contribution < 1.29 is 5.11 Å². The van der Waals surface area contributed by atoms with E-state index in [0.29, 0.717) is 12.0 Å². The van der Waals surface area contributed by atoms with E-state index in [1.165, 1.54) is 5.56 Å². The first-order valence-electron chi connectivity index (χ1n) is 8.33. The molecule has 116 valence electrons. The highest BCUT2D eigenvalue weighted by Gasteiger charge is 2.27. The highest BCUT2D eigenvalue weighted by atomic mass is 16.3. The van der Waals surface area contributed by atoms with Gasteiger partial charge >= 0.3 is 0 Å². The molecule has 2 aromatic carbocycles. The van der Waals surface area contributed by atoms with E-state index >= 15 is 0 Å². The van der Waals surface area contributed by atoms with Gasteiger partial charge < -0.3 is 10.4 Å². The molecule has 2 nitrogen and oxygen atoms in total.